The first-order valence-corrected chi connectivity index (χ1v) is 4.17. The van der Waals surface area contributed by atoms with Crippen LogP contribution in [0.4, 0.5) is 5.69 Å². The van der Waals surface area contributed by atoms with E-state index in [1.165, 1.54) is 0 Å². The van der Waals surface area contributed by atoms with Crippen molar-refractivity contribution in [2.24, 2.45) is 10.3 Å². The predicted octanol–water partition coefficient (Wildman–Crippen LogP) is 2.13. The Morgan fingerprint density at radius 2 is 2.00 bits per heavy atom. The molecule has 0 radical (unpaired) electrons. The molecular formula is C8H10N4S. The van der Waals surface area contributed by atoms with Gasteiger partial charge in [-0.15, -0.1) is 5.11 Å². The summed E-state index contributed by atoms with van der Waals surface area (Å²) in [6, 6.07) is 9.43. The maximum Gasteiger partial charge on any atom is 0.0925 e. The number of benzene rings is 1. The van der Waals surface area contributed by atoms with Crippen LogP contribution in [0.1, 0.15) is 6.92 Å². The molecule has 5 heteroatoms. The van der Waals surface area contributed by atoms with E-state index in [0.717, 1.165) is 5.69 Å². The molecule has 0 aliphatic carbocycles. The van der Waals surface area contributed by atoms with E-state index in [1.54, 1.807) is 6.92 Å². The highest BCUT2D eigenvalue weighted by Crippen LogP contribution is 2.08. The van der Waals surface area contributed by atoms with E-state index in [-0.39, 0.29) is 0 Å². The molecule has 1 aromatic carbocycles. The second kappa shape index (κ2) is 5.21. The van der Waals surface area contributed by atoms with E-state index >= 15 is 0 Å². The Bertz CT molecular complexity index is 296. The molecule has 0 fully saturated rings. The summed E-state index contributed by atoms with van der Waals surface area (Å²) in [7, 11) is 0. The van der Waals surface area contributed by atoms with Crippen LogP contribution in [-0.4, -0.2) is 4.99 Å². The van der Waals surface area contributed by atoms with E-state index in [9.17, 15) is 0 Å². The summed E-state index contributed by atoms with van der Waals surface area (Å²) in [6.07, 6.45) is 0. The first kappa shape index (κ1) is 9.60. The fraction of sp³-hybridized carbons (Fsp3) is 0.125. The predicted molar refractivity (Wildman–Crippen MR) is 55.5 cm³/mol. The zero-order chi connectivity index (χ0) is 9.52. The Kier molecular flexibility index (Phi) is 3.84. The highest BCUT2D eigenvalue weighted by molar-refractivity contribution is 7.80. The van der Waals surface area contributed by atoms with Crippen LogP contribution in [0.5, 0.6) is 0 Å². The fourth-order valence-electron chi connectivity index (χ4n) is 0.681. The molecule has 0 unspecified atom stereocenters. The molecule has 0 aliphatic rings. The minimum absolute atomic E-state index is 0.618. The number of hydrogen-bond acceptors (Lipinski definition) is 3. The first-order valence-electron chi connectivity index (χ1n) is 3.76. The molecule has 0 aromatic heterocycles. The maximum atomic E-state index is 4.75. The number of hydrazine groups is 1. The molecule has 0 aliphatic heterocycles. The lowest BCUT2D eigenvalue weighted by molar-refractivity contribution is 0.662. The van der Waals surface area contributed by atoms with Crippen molar-refractivity contribution < 1.29 is 0 Å². The Balaban J connectivity index is 2.37. The van der Waals surface area contributed by atoms with Gasteiger partial charge in [0, 0.05) is 0 Å². The van der Waals surface area contributed by atoms with Crippen LogP contribution < -0.4 is 11.0 Å². The molecule has 0 heterocycles. The number of nitrogens with one attached hydrogen (secondary N) is 2. The molecule has 0 bridgehead atoms. The van der Waals surface area contributed by atoms with Gasteiger partial charge in [0.1, 0.15) is 0 Å². The summed E-state index contributed by atoms with van der Waals surface area (Å²) in [5.41, 5.74) is 5.93. The molecule has 0 saturated carbocycles. The average Bonchev–Trinajstić information content (AvgIpc) is 2.14. The first-order chi connectivity index (χ1) is 6.29. The molecule has 68 valence electrons. The van der Waals surface area contributed by atoms with Gasteiger partial charge in [0.05, 0.1) is 10.7 Å². The van der Waals surface area contributed by atoms with Crippen molar-refractivity contribution in [3.05, 3.63) is 30.3 Å². The minimum atomic E-state index is 0.618. The van der Waals surface area contributed by atoms with Gasteiger partial charge in [0.2, 0.25) is 0 Å². The summed E-state index contributed by atoms with van der Waals surface area (Å²) >= 11 is 4.75. The minimum Gasteiger partial charge on any atom is -0.277 e. The summed E-state index contributed by atoms with van der Waals surface area (Å²) in [6.45, 7) is 1.75. The average molecular weight is 194 g/mol. The number of hydrogen-bond donors (Lipinski definition) is 2. The van der Waals surface area contributed by atoms with Gasteiger partial charge in [-0.1, -0.05) is 35.6 Å². The molecular weight excluding hydrogens is 184 g/mol. The zero-order valence-electron chi connectivity index (χ0n) is 7.19. The molecule has 4 nitrogen and oxygen atoms in total. The maximum absolute atomic E-state index is 4.75. The summed E-state index contributed by atoms with van der Waals surface area (Å²) in [4.78, 5) is 0.618. The van der Waals surface area contributed by atoms with Crippen molar-refractivity contribution in [3.8, 4) is 0 Å². The van der Waals surface area contributed by atoms with Gasteiger partial charge in [-0.05, 0) is 19.1 Å². The van der Waals surface area contributed by atoms with Crippen molar-refractivity contribution in [2.45, 2.75) is 6.92 Å². The number of nitrogens with zero attached hydrogens (tertiary/aromatic N) is 2. The van der Waals surface area contributed by atoms with Crippen LogP contribution in [0.2, 0.25) is 0 Å². The Labute approximate surface area is 82.0 Å². The SMILES string of the molecule is CC(=S)NNN=Nc1ccccc1. The van der Waals surface area contributed by atoms with Crippen LogP contribution in [0, 0.1) is 0 Å². The summed E-state index contributed by atoms with van der Waals surface area (Å²) < 4.78 is 0. The van der Waals surface area contributed by atoms with E-state index < -0.39 is 0 Å². The third kappa shape index (κ3) is 4.17. The van der Waals surface area contributed by atoms with Crippen LogP contribution in [0.25, 0.3) is 0 Å². The quantitative estimate of drug-likeness (QED) is 0.440. The van der Waals surface area contributed by atoms with E-state index in [4.69, 9.17) is 12.2 Å². The van der Waals surface area contributed by atoms with Gasteiger partial charge < -0.3 is 0 Å². The molecule has 0 saturated heterocycles. The van der Waals surface area contributed by atoms with Crippen LogP contribution in [0.15, 0.2) is 40.7 Å². The van der Waals surface area contributed by atoms with Crippen LogP contribution in [0.3, 0.4) is 0 Å². The Morgan fingerprint density at radius 3 is 2.62 bits per heavy atom. The van der Waals surface area contributed by atoms with E-state index in [0.29, 0.717) is 4.99 Å². The number of rotatable bonds is 3. The van der Waals surface area contributed by atoms with E-state index in [2.05, 4.69) is 21.3 Å². The standard InChI is InChI=1S/C8H10N4S/c1-7(13)9-11-12-10-8-5-3-2-4-6-8/h2-6H,1H3,(H,10,11)(H,9,12,13). The molecule has 2 N–H and O–H groups in total. The number of thiocarbonyl (C=S) groups is 1. The summed E-state index contributed by atoms with van der Waals surface area (Å²) in [5.74, 6) is 0. The van der Waals surface area contributed by atoms with Gasteiger partial charge in [-0.2, -0.15) is 0 Å². The second-order valence-electron chi connectivity index (χ2n) is 2.33. The monoisotopic (exact) mass is 194 g/mol. The second-order valence-corrected chi connectivity index (χ2v) is 2.94. The van der Waals surface area contributed by atoms with Crippen molar-refractivity contribution in [2.75, 3.05) is 0 Å². The largest absolute Gasteiger partial charge is 0.277 e. The smallest absolute Gasteiger partial charge is 0.0925 e. The molecule has 1 aromatic rings. The fourth-order valence-corrected chi connectivity index (χ4v) is 0.727. The van der Waals surface area contributed by atoms with Gasteiger partial charge in [0.25, 0.3) is 0 Å². The van der Waals surface area contributed by atoms with Crippen molar-refractivity contribution >= 4 is 22.9 Å². The Morgan fingerprint density at radius 1 is 1.31 bits per heavy atom. The van der Waals surface area contributed by atoms with Gasteiger partial charge >= 0.3 is 0 Å². The zero-order valence-corrected chi connectivity index (χ0v) is 8.01. The molecule has 0 atom stereocenters. The lowest BCUT2D eigenvalue weighted by Crippen LogP contribution is -2.29. The highest BCUT2D eigenvalue weighted by atomic mass is 32.1. The van der Waals surface area contributed by atoms with Crippen molar-refractivity contribution in [3.63, 3.8) is 0 Å². The molecule has 13 heavy (non-hydrogen) atoms. The lowest BCUT2D eigenvalue weighted by atomic mass is 10.3. The van der Waals surface area contributed by atoms with Gasteiger partial charge in [-0.3, -0.25) is 5.43 Å². The van der Waals surface area contributed by atoms with Gasteiger partial charge in [0.15, 0.2) is 0 Å². The van der Waals surface area contributed by atoms with Gasteiger partial charge in [-0.25, -0.2) is 5.53 Å². The van der Waals surface area contributed by atoms with E-state index in [1.807, 2.05) is 30.3 Å². The highest BCUT2D eigenvalue weighted by Gasteiger charge is 1.83. The van der Waals surface area contributed by atoms with Crippen molar-refractivity contribution in [1.82, 2.24) is 11.0 Å². The summed E-state index contributed by atoms with van der Waals surface area (Å²) in [5, 5.41) is 7.53. The molecule has 0 amide bonds. The normalized spacial score (nSPS) is 9.92. The topological polar surface area (TPSA) is 48.8 Å². The molecule has 1 rings (SSSR count). The van der Waals surface area contributed by atoms with Crippen LogP contribution >= 0.6 is 12.2 Å². The van der Waals surface area contributed by atoms with Crippen molar-refractivity contribution in [1.29, 1.82) is 0 Å². The third-order valence-corrected chi connectivity index (χ3v) is 1.31. The molecule has 0 spiro atoms. The third-order valence-electron chi connectivity index (χ3n) is 1.20. The van der Waals surface area contributed by atoms with Crippen LogP contribution in [-0.2, 0) is 0 Å². The Hall–Kier alpha value is -1.49. The lowest BCUT2D eigenvalue weighted by Gasteiger charge is -1.98.